The Morgan fingerprint density at radius 2 is 1.85 bits per heavy atom. The number of carbonyl (C=O) groups is 1. The molecular formula is C17H24O3. The Morgan fingerprint density at radius 1 is 1.15 bits per heavy atom. The van der Waals surface area contributed by atoms with Gasteiger partial charge >= 0.3 is 5.97 Å². The molecule has 0 heterocycles. The molecule has 0 saturated heterocycles. The van der Waals surface area contributed by atoms with Crippen LogP contribution in [-0.2, 0) is 20.7 Å². The largest absolute Gasteiger partial charge is 0.466 e. The van der Waals surface area contributed by atoms with Gasteiger partial charge in [0.15, 0.2) is 0 Å². The Balaban J connectivity index is 1.63. The molecule has 0 radical (unpaired) electrons. The van der Waals surface area contributed by atoms with Gasteiger partial charge in [-0.15, -0.1) is 0 Å². The van der Waals surface area contributed by atoms with E-state index in [0.29, 0.717) is 12.7 Å². The summed E-state index contributed by atoms with van der Waals surface area (Å²) in [7, 11) is 0. The molecule has 3 nitrogen and oxygen atoms in total. The molecule has 0 spiro atoms. The standard InChI is InChI=1S/C17H24O3/c1-2-19-17(18)15-8-10-16(11-9-15)20-13-12-14-6-4-3-5-7-14/h3-7,15-16H,2,8-13H2,1H3. The first-order chi connectivity index (χ1) is 9.79. The molecule has 110 valence electrons. The van der Waals surface area contributed by atoms with Crippen LogP contribution in [-0.4, -0.2) is 25.3 Å². The van der Waals surface area contributed by atoms with Gasteiger partial charge in [-0.25, -0.2) is 0 Å². The molecule has 0 bridgehead atoms. The minimum atomic E-state index is -0.0322. The summed E-state index contributed by atoms with van der Waals surface area (Å²) < 4.78 is 11.0. The molecule has 0 atom stereocenters. The Labute approximate surface area is 121 Å². The predicted molar refractivity (Wildman–Crippen MR) is 78.5 cm³/mol. The highest BCUT2D eigenvalue weighted by Gasteiger charge is 2.27. The molecular weight excluding hydrogens is 252 g/mol. The Hall–Kier alpha value is -1.35. The fourth-order valence-corrected chi connectivity index (χ4v) is 2.71. The summed E-state index contributed by atoms with van der Waals surface area (Å²) in [6.45, 7) is 3.10. The van der Waals surface area contributed by atoms with Gasteiger partial charge in [0.05, 0.1) is 25.2 Å². The van der Waals surface area contributed by atoms with Crippen LogP contribution in [0.5, 0.6) is 0 Å². The van der Waals surface area contributed by atoms with Crippen LogP contribution < -0.4 is 0 Å². The molecule has 0 aromatic heterocycles. The molecule has 2 rings (SSSR count). The lowest BCUT2D eigenvalue weighted by molar-refractivity contribution is -0.150. The first-order valence-electron chi connectivity index (χ1n) is 7.61. The normalized spacial score (nSPS) is 22.4. The van der Waals surface area contributed by atoms with E-state index in [-0.39, 0.29) is 11.9 Å². The van der Waals surface area contributed by atoms with E-state index in [1.807, 2.05) is 13.0 Å². The average molecular weight is 276 g/mol. The van der Waals surface area contributed by atoms with Crippen molar-refractivity contribution in [2.75, 3.05) is 13.2 Å². The van der Waals surface area contributed by atoms with Gasteiger partial charge in [-0.05, 0) is 44.6 Å². The van der Waals surface area contributed by atoms with Crippen LogP contribution in [0, 0.1) is 5.92 Å². The fraction of sp³-hybridized carbons (Fsp3) is 0.588. The summed E-state index contributed by atoms with van der Waals surface area (Å²) in [5.41, 5.74) is 1.31. The van der Waals surface area contributed by atoms with Crippen LogP contribution in [0.25, 0.3) is 0 Å². The van der Waals surface area contributed by atoms with Crippen molar-refractivity contribution in [3.63, 3.8) is 0 Å². The molecule has 1 aliphatic carbocycles. The third kappa shape index (κ3) is 4.64. The number of carbonyl (C=O) groups excluding carboxylic acids is 1. The van der Waals surface area contributed by atoms with E-state index < -0.39 is 0 Å². The maximum absolute atomic E-state index is 11.6. The summed E-state index contributed by atoms with van der Waals surface area (Å²) in [4.78, 5) is 11.6. The molecule has 1 saturated carbocycles. The number of ether oxygens (including phenoxy) is 2. The van der Waals surface area contributed by atoms with Gasteiger partial charge in [0.1, 0.15) is 0 Å². The van der Waals surface area contributed by atoms with Gasteiger partial charge in [-0.2, -0.15) is 0 Å². The van der Waals surface area contributed by atoms with Crippen molar-refractivity contribution < 1.29 is 14.3 Å². The lowest BCUT2D eigenvalue weighted by Crippen LogP contribution is -2.28. The van der Waals surface area contributed by atoms with E-state index in [9.17, 15) is 4.79 Å². The molecule has 1 fully saturated rings. The van der Waals surface area contributed by atoms with Gasteiger partial charge in [-0.1, -0.05) is 30.3 Å². The molecule has 20 heavy (non-hydrogen) atoms. The molecule has 1 aromatic carbocycles. The zero-order chi connectivity index (χ0) is 14.2. The highest BCUT2D eigenvalue weighted by molar-refractivity contribution is 5.72. The first kappa shape index (κ1) is 15.0. The second-order valence-corrected chi connectivity index (χ2v) is 5.33. The van der Waals surface area contributed by atoms with Crippen molar-refractivity contribution in [2.24, 2.45) is 5.92 Å². The van der Waals surface area contributed by atoms with Crippen LogP contribution in [0.1, 0.15) is 38.2 Å². The second-order valence-electron chi connectivity index (χ2n) is 5.33. The molecule has 0 N–H and O–H groups in total. The van der Waals surface area contributed by atoms with Gasteiger partial charge < -0.3 is 9.47 Å². The van der Waals surface area contributed by atoms with Crippen molar-refractivity contribution in [1.82, 2.24) is 0 Å². The third-order valence-electron chi connectivity index (χ3n) is 3.88. The van der Waals surface area contributed by atoms with Crippen LogP contribution in [0.3, 0.4) is 0 Å². The van der Waals surface area contributed by atoms with E-state index in [2.05, 4.69) is 24.3 Å². The SMILES string of the molecule is CCOC(=O)C1CCC(OCCc2ccccc2)CC1. The highest BCUT2D eigenvalue weighted by Crippen LogP contribution is 2.27. The maximum atomic E-state index is 11.6. The Morgan fingerprint density at radius 3 is 2.50 bits per heavy atom. The summed E-state index contributed by atoms with van der Waals surface area (Å²) in [5.74, 6) is 0.0548. The monoisotopic (exact) mass is 276 g/mol. The van der Waals surface area contributed by atoms with Crippen molar-refractivity contribution in [3.05, 3.63) is 35.9 Å². The quantitative estimate of drug-likeness (QED) is 0.747. The van der Waals surface area contributed by atoms with Crippen molar-refractivity contribution in [1.29, 1.82) is 0 Å². The Kier molecular flexibility index (Phi) is 6.06. The number of hydrogen-bond acceptors (Lipinski definition) is 3. The maximum Gasteiger partial charge on any atom is 0.308 e. The number of rotatable bonds is 6. The van der Waals surface area contributed by atoms with Crippen molar-refractivity contribution in [2.45, 2.75) is 45.1 Å². The molecule has 0 aliphatic heterocycles. The van der Waals surface area contributed by atoms with Crippen molar-refractivity contribution in [3.8, 4) is 0 Å². The fourth-order valence-electron chi connectivity index (χ4n) is 2.71. The zero-order valence-corrected chi connectivity index (χ0v) is 12.2. The van der Waals surface area contributed by atoms with Gasteiger partial charge in [0.25, 0.3) is 0 Å². The Bertz CT molecular complexity index is 394. The van der Waals surface area contributed by atoms with E-state index in [4.69, 9.17) is 9.47 Å². The van der Waals surface area contributed by atoms with E-state index in [1.54, 1.807) is 0 Å². The average Bonchev–Trinajstić information content (AvgIpc) is 2.49. The number of hydrogen-bond donors (Lipinski definition) is 0. The predicted octanol–water partition coefficient (Wildman–Crippen LogP) is 3.37. The van der Waals surface area contributed by atoms with Crippen molar-refractivity contribution >= 4 is 5.97 Å². The summed E-state index contributed by atoms with van der Waals surface area (Å²) in [5, 5.41) is 0. The minimum Gasteiger partial charge on any atom is -0.466 e. The summed E-state index contributed by atoms with van der Waals surface area (Å²) in [6, 6.07) is 10.4. The van der Waals surface area contributed by atoms with E-state index in [0.717, 1.165) is 38.7 Å². The second kappa shape index (κ2) is 8.05. The molecule has 3 heteroatoms. The molecule has 0 amide bonds. The smallest absolute Gasteiger partial charge is 0.308 e. The topological polar surface area (TPSA) is 35.5 Å². The number of benzene rings is 1. The van der Waals surface area contributed by atoms with Gasteiger partial charge in [0.2, 0.25) is 0 Å². The molecule has 1 aromatic rings. The molecule has 1 aliphatic rings. The van der Waals surface area contributed by atoms with Gasteiger partial charge in [-0.3, -0.25) is 4.79 Å². The van der Waals surface area contributed by atoms with Crippen LogP contribution in [0.2, 0.25) is 0 Å². The lowest BCUT2D eigenvalue weighted by Gasteiger charge is -2.27. The summed E-state index contributed by atoms with van der Waals surface area (Å²) in [6.07, 6.45) is 5.00. The van der Waals surface area contributed by atoms with E-state index in [1.165, 1.54) is 5.56 Å². The highest BCUT2D eigenvalue weighted by atomic mass is 16.5. The summed E-state index contributed by atoms with van der Waals surface area (Å²) >= 11 is 0. The van der Waals surface area contributed by atoms with Crippen LogP contribution >= 0.6 is 0 Å². The van der Waals surface area contributed by atoms with E-state index >= 15 is 0 Å². The lowest BCUT2D eigenvalue weighted by atomic mass is 9.87. The number of esters is 1. The zero-order valence-electron chi connectivity index (χ0n) is 12.2. The van der Waals surface area contributed by atoms with Crippen LogP contribution in [0.4, 0.5) is 0 Å². The first-order valence-corrected chi connectivity index (χ1v) is 7.61. The molecule has 0 unspecified atom stereocenters. The minimum absolute atomic E-state index is 0.0322. The van der Waals surface area contributed by atoms with Crippen LogP contribution in [0.15, 0.2) is 30.3 Å². The van der Waals surface area contributed by atoms with Gasteiger partial charge in [0, 0.05) is 0 Å². The third-order valence-corrected chi connectivity index (χ3v) is 3.88.